The molecule has 2 heterocycles. The Morgan fingerprint density at radius 3 is 2.76 bits per heavy atom. The van der Waals surface area contributed by atoms with Gasteiger partial charge in [0.15, 0.2) is 11.5 Å². The first-order chi connectivity index (χ1) is 12.2. The average molecular weight is 339 g/mol. The molecule has 1 saturated carbocycles. The number of hydrogen-bond donors (Lipinski definition) is 3. The molecular weight excluding hydrogens is 322 g/mol. The number of aliphatic hydroxyl groups excluding tert-OH is 2. The van der Waals surface area contributed by atoms with Crippen molar-refractivity contribution in [3.63, 3.8) is 0 Å². The Balaban J connectivity index is 1.68. The lowest BCUT2D eigenvalue weighted by Gasteiger charge is -2.41. The van der Waals surface area contributed by atoms with Gasteiger partial charge in [-0.15, -0.1) is 0 Å². The van der Waals surface area contributed by atoms with Crippen LogP contribution >= 0.6 is 0 Å². The Kier molecular flexibility index (Phi) is 3.90. The van der Waals surface area contributed by atoms with Gasteiger partial charge in [-0.05, 0) is 18.6 Å². The smallest absolute Gasteiger partial charge is 0.256 e. The number of hydrogen-bond acceptors (Lipinski definition) is 6. The molecule has 4 rings (SSSR count). The first-order valence-electron chi connectivity index (χ1n) is 8.02. The maximum Gasteiger partial charge on any atom is 0.256 e. The second kappa shape index (κ2) is 6.23. The second-order valence-corrected chi connectivity index (χ2v) is 6.10. The van der Waals surface area contributed by atoms with Gasteiger partial charge >= 0.3 is 0 Å². The first kappa shape index (κ1) is 15.7. The highest BCUT2D eigenvalue weighted by molar-refractivity contribution is 6.06. The van der Waals surface area contributed by atoms with Gasteiger partial charge in [0, 0.05) is 18.1 Å². The molecule has 1 fully saturated rings. The molecule has 3 aromatic rings. The van der Waals surface area contributed by atoms with Gasteiger partial charge in [0.05, 0.1) is 18.5 Å². The van der Waals surface area contributed by atoms with E-state index in [4.69, 9.17) is 0 Å². The van der Waals surface area contributed by atoms with E-state index >= 15 is 0 Å². The van der Waals surface area contributed by atoms with E-state index in [9.17, 15) is 15.0 Å². The van der Waals surface area contributed by atoms with Crippen molar-refractivity contribution in [3.05, 3.63) is 48.5 Å². The summed E-state index contributed by atoms with van der Waals surface area (Å²) in [5.74, 6) is -0.0822. The molecule has 0 unspecified atom stereocenters. The fraction of sp³-hybridized carbons (Fsp3) is 0.294. The van der Waals surface area contributed by atoms with Crippen LogP contribution in [-0.2, 0) is 0 Å². The highest BCUT2D eigenvalue weighted by atomic mass is 16.3. The van der Waals surface area contributed by atoms with Gasteiger partial charge in [-0.3, -0.25) is 4.79 Å². The molecule has 128 valence electrons. The Morgan fingerprint density at radius 2 is 2.04 bits per heavy atom. The summed E-state index contributed by atoms with van der Waals surface area (Å²) in [6, 6.07) is 8.62. The molecule has 8 heteroatoms. The summed E-state index contributed by atoms with van der Waals surface area (Å²) in [6.45, 7) is -0.0571. The van der Waals surface area contributed by atoms with Gasteiger partial charge in [-0.2, -0.15) is 0 Å². The molecule has 0 saturated heterocycles. The lowest BCUT2D eigenvalue weighted by Crippen LogP contribution is -2.44. The minimum Gasteiger partial charge on any atom is -0.396 e. The number of nitrogens with one attached hydrogen (secondary N) is 1. The summed E-state index contributed by atoms with van der Waals surface area (Å²) >= 11 is 0. The molecule has 1 aliphatic carbocycles. The predicted molar refractivity (Wildman–Crippen MR) is 90.0 cm³/mol. The number of rotatable bonds is 4. The van der Waals surface area contributed by atoms with Crippen LogP contribution in [0.3, 0.4) is 0 Å². The van der Waals surface area contributed by atoms with Crippen molar-refractivity contribution in [1.29, 1.82) is 0 Å². The molecule has 1 amide bonds. The molecule has 0 bridgehead atoms. The molecule has 0 aliphatic heterocycles. The number of fused-ring (bicyclic) bond motifs is 1. The van der Waals surface area contributed by atoms with Crippen molar-refractivity contribution >= 4 is 22.9 Å². The molecule has 0 spiro atoms. The Labute approximate surface area is 143 Å². The van der Waals surface area contributed by atoms with Crippen molar-refractivity contribution in [2.45, 2.75) is 18.6 Å². The molecule has 1 aliphatic rings. The third-order valence-corrected chi connectivity index (χ3v) is 4.65. The summed E-state index contributed by atoms with van der Waals surface area (Å²) in [5, 5.41) is 22.2. The Hall–Kier alpha value is -2.84. The van der Waals surface area contributed by atoms with Gasteiger partial charge in [-0.25, -0.2) is 15.0 Å². The number of amides is 1. The zero-order valence-electron chi connectivity index (χ0n) is 13.3. The Bertz CT molecular complexity index is 911. The van der Waals surface area contributed by atoms with Crippen LogP contribution in [0.2, 0.25) is 0 Å². The Morgan fingerprint density at radius 1 is 1.24 bits per heavy atom. The van der Waals surface area contributed by atoms with Crippen molar-refractivity contribution in [3.8, 4) is 0 Å². The lowest BCUT2D eigenvalue weighted by molar-refractivity contribution is -0.0548. The zero-order valence-corrected chi connectivity index (χ0v) is 13.3. The molecular formula is C17H17N5O3. The third kappa shape index (κ3) is 2.65. The fourth-order valence-corrected chi connectivity index (χ4v) is 3.16. The van der Waals surface area contributed by atoms with E-state index in [0.717, 1.165) is 0 Å². The molecule has 2 aromatic heterocycles. The van der Waals surface area contributed by atoms with Crippen molar-refractivity contribution in [1.82, 2.24) is 19.5 Å². The summed E-state index contributed by atoms with van der Waals surface area (Å²) < 4.78 is 1.77. The molecule has 3 N–H and O–H groups in total. The topological polar surface area (TPSA) is 113 Å². The van der Waals surface area contributed by atoms with Crippen LogP contribution in [0.4, 0.5) is 5.82 Å². The predicted octanol–water partition coefficient (Wildman–Crippen LogP) is 0.993. The zero-order chi connectivity index (χ0) is 17.4. The van der Waals surface area contributed by atoms with Crippen LogP contribution in [0.15, 0.2) is 43.0 Å². The van der Waals surface area contributed by atoms with E-state index < -0.39 is 6.10 Å². The van der Waals surface area contributed by atoms with Crippen molar-refractivity contribution in [2.75, 3.05) is 11.9 Å². The number of anilines is 1. The summed E-state index contributed by atoms with van der Waals surface area (Å²) in [6.07, 6.45) is 2.89. The van der Waals surface area contributed by atoms with Gasteiger partial charge in [0.25, 0.3) is 5.91 Å². The molecule has 8 nitrogen and oxygen atoms in total. The van der Waals surface area contributed by atoms with Gasteiger partial charge < -0.3 is 20.1 Å². The number of aromatic nitrogens is 4. The van der Waals surface area contributed by atoms with Gasteiger partial charge in [0.1, 0.15) is 11.8 Å². The third-order valence-electron chi connectivity index (χ3n) is 4.65. The highest BCUT2D eigenvalue weighted by Gasteiger charge is 2.41. The number of carbonyl (C=O) groups excluding carboxylic acids is 1. The van der Waals surface area contributed by atoms with E-state index in [-0.39, 0.29) is 24.5 Å². The number of imidazole rings is 1. The summed E-state index contributed by atoms with van der Waals surface area (Å²) in [5.41, 5.74) is 1.52. The minimum absolute atomic E-state index is 0.0571. The van der Waals surface area contributed by atoms with E-state index in [2.05, 4.69) is 20.3 Å². The SMILES string of the molecule is O=C(Nc1ncnc2ncn([C@@H]3C[C@H](CO)[C@H]3O)c12)c1ccccc1. The largest absolute Gasteiger partial charge is 0.396 e. The van der Waals surface area contributed by atoms with E-state index in [1.165, 1.54) is 6.33 Å². The highest BCUT2D eigenvalue weighted by Crippen LogP contribution is 2.40. The van der Waals surface area contributed by atoms with Crippen LogP contribution in [0.25, 0.3) is 11.2 Å². The van der Waals surface area contributed by atoms with Crippen molar-refractivity contribution in [2.24, 2.45) is 5.92 Å². The second-order valence-electron chi connectivity index (χ2n) is 6.10. The minimum atomic E-state index is -0.666. The van der Waals surface area contributed by atoms with Gasteiger partial charge in [0.2, 0.25) is 0 Å². The normalized spacial score (nSPS) is 22.6. The number of aliphatic hydroxyl groups is 2. The fourth-order valence-electron chi connectivity index (χ4n) is 3.16. The summed E-state index contributed by atoms with van der Waals surface area (Å²) in [4.78, 5) is 25.0. The number of carbonyl (C=O) groups is 1. The van der Waals surface area contributed by atoms with E-state index in [0.29, 0.717) is 29.0 Å². The number of benzene rings is 1. The van der Waals surface area contributed by atoms with Crippen molar-refractivity contribution < 1.29 is 15.0 Å². The van der Waals surface area contributed by atoms with E-state index in [1.54, 1.807) is 35.2 Å². The van der Waals surface area contributed by atoms with Gasteiger partial charge in [-0.1, -0.05) is 18.2 Å². The average Bonchev–Trinajstić information content (AvgIpc) is 3.06. The standard InChI is InChI=1S/C17H17N5O3/c23-7-11-6-12(14(11)24)22-9-20-15-13(22)16(19-8-18-15)21-17(25)10-4-2-1-3-5-10/h1-5,8-9,11-12,14,23-24H,6-7H2,(H,18,19,21,25)/t11-,12-,14-/m1/s1. The number of nitrogens with zero attached hydrogens (tertiary/aromatic N) is 4. The quantitative estimate of drug-likeness (QED) is 0.653. The van der Waals surface area contributed by atoms with E-state index in [1.807, 2.05) is 6.07 Å². The summed E-state index contributed by atoms with van der Waals surface area (Å²) in [7, 11) is 0. The maximum atomic E-state index is 12.4. The van der Waals surface area contributed by atoms with Crippen LogP contribution in [0.5, 0.6) is 0 Å². The lowest BCUT2D eigenvalue weighted by atomic mass is 9.77. The molecule has 3 atom stereocenters. The van der Waals surface area contributed by atoms with Crippen LogP contribution in [-0.4, -0.2) is 48.4 Å². The maximum absolute atomic E-state index is 12.4. The van der Waals surface area contributed by atoms with Crippen LogP contribution < -0.4 is 5.32 Å². The first-order valence-corrected chi connectivity index (χ1v) is 8.02. The molecule has 1 aromatic carbocycles. The van der Waals surface area contributed by atoms with Crippen LogP contribution in [0.1, 0.15) is 22.8 Å². The molecule has 0 radical (unpaired) electrons. The van der Waals surface area contributed by atoms with Crippen LogP contribution in [0, 0.1) is 5.92 Å². The molecule has 25 heavy (non-hydrogen) atoms. The monoisotopic (exact) mass is 339 g/mol.